The van der Waals surface area contributed by atoms with E-state index in [9.17, 15) is 13.2 Å². The van der Waals surface area contributed by atoms with Gasteiger partial charge in [0.15, 0.2) is 11.5 Å². The molecule has 1 amide bonds. The van der Waals surface area contributed by atoms with Gasteiger partial charge in [0.2, 0.25) is 15.9 Å². The number of ether oxygens (including phenoxy) is 2. The fraction of sp³-hybridized carbons (Fsp3) is 0.611. The number of carbonyl (C=O) groups is 1. The van der Waals surface area contributed by atoms with Gasteiger partial charge < -0.3 is 19.7 Å². The highest BCUT2D eigenvalue weighted by Gasteiger charge is 2.26. The molecule has 1 aliphatic heterocycles. The number of methoxy groups -OCH3 is 2. The predicted octanol–water partition coefficient (Wildman–Crippen LogP) is 0.973. The third-order valence-electron chi connectivity index (χ3n) is 4.56. The summed E-state index contributed by atoms with van der Waals surface area (Å²) in [7, 11) is -0.810. The first-order valence-electron chi connectivity index (χ1n) is 9.14. The van der Waals surface area contributed by atoms with E-state index in [2.05, 4.69) is 10.0 Å². The number of nitrogens with zero attached hydrogens (tertiary/aromatic N) is 1. The molecule has 1 saturated heterocycles. The Labute approximate surface area is 161 Å². The van der Waals surface area contributed by atoms with E-state index in [0.717, 1.165) is 25.9 Å². The van der Waals surface area contributed by atoms with Crippen LogP contribution in [0, 0.1) is 0 Å². The van der Waals surface area contributed by atoms with Gasteiger partial charge >= 0.3 is 0 Å². The molecule has 9 heteroatoms. The van der Waals surface area contributed by atoms with Gasteiger partial charge in [-0.15, -0.1) is 0 Å². The van der Waals surface area contributed by atoms with Crippen LogP contribution < -0.4 is 19.5 Å². The standard InChI is InChI=1S/C18H29N3O5S/c1-4-11-21(14-7-9-19-13-14)18(22)8-10-20-27(23,24)15-5-6-16(25-2)17(12-15)26-3/h5-6,12,14,19-20H,4,7-11,13H2,1-3H3. The lowest BCUT2D eigenvalue weighted by Gasteiger charge is -2.28. The zero-order chi connectivity index (χ0) is 19.9. The first-order chi connectivity index (χ1) is 12.9. The van der Waals surface area contributed by atoms with Crippen LogP contribution in [0.25, 0.3) is 0 Å². The molecule has 0 aromatic heterocycles. The summed E-state index contributed by atoms with van der Waals surface area (Å²) in [6.07, 6.45) is 1.94. The summed E-state index contributed by atoms with van der Waals surface area (Å²) < 4.78 is 37.7. The van der Waals surface area contributed by atoms with E-state index in [1.54, 1.807) is 0 Å². The Balaban J connectivity index is 1.97. The quantitative estimate of drug-likeness (QED) is 0.609. The van der Waals surface area contributed by atoms with Crippen LogP contribution in [0.5, 0.6) is 11.5 Å². The minimum Gasteiger partial charge on any atom is -0.493 e. The lowest BCUT2D eigenvalue weighted by molar-refractivity contribution is -0.133. The fourth-order valence-corrected chi connectivity index (χ4v) is 4.21. The van der Waals surface area contributed by atoms with Crippen LogP contribution in [0.3, 0.4) is 0 Å². The number of rotatable bonds is 10. The molecule has 0 aliphatic carbocycles. The molecule has 0 bridgehead atoms. The van der Waals surface area contributed by atoms with E-state index >= 15 is 0 Å². The summed E-state index contributed by atoms with van der Waals surface area (Å²) in [5, 5.41) is 3.26. The minimum atomic E-state index is -3.74. The number of nitrogens with one attached hydrogen (secondary N) is 2. The summed E-state index contributed by atoms with van der Waals surface area (Å²) in [6, 6.07) is 4.57. The van der Waals surface area contributed by atoms with Gasteiger partial charge in [-0.2, -0.15) is 0 Å². The molecular formula is C18H29N3O5S. The van der Waals surface area contributed by atoms with Crippen molar-refractivity contribution < 1.29 is 22.7 Å². The Hall–Kier alpha value is -1.84. The zero-order valence-corrected chi connectivity index (χ0v) is 17.0. The Morgan fingerprint density at radius 1 is 1.30 bits per heavy atom. The molecular weight excluding hydrogens is 370 g/mol. The maximum atomic E-state index is 12.6. The van der Waals surface area contributed by atoms with Crippen molar-refractivity contribution in [3.05, 3.63) is 18.2 Å². The van der Waals surface area contributed by atoms with Crippen LogP contribution in [0.2, 0.25) is 0 Å². The lowest BCUT2D eigenvalue weighted by Crippen LogP contribution is -2.43. The highest BCUT2D eigenvalue weighted by atomic mass is 32.2. The van der Waals surface area contributed by atoms with Crippen LogP contribution in [0.4, 0.5) is 0 Å². The Kier molecular flexibility index (Phi) is 7.88. The molecule has 27 heavy (non-hydrogen) atoms. The molecule has 1 aromatic carbocycles. The molecule has 1 aliphatic rings. The van der Waals surface area contributed by atoms with Crippen molar-refractivity contribution in [2.75, 3.05) is 40.4 Å². The van der Waals surface area contributed by atoms with Gasteiger partial charge in [0, 0.05) is 38.2 Å². The first kappa shape index (κ1) is 21.5. The molecule has 152 valence electrons. The predicted molar refractivity (Wildman–Crippen MR) is 103 cm³/mol. The SMILES string of the molecule is CCCN(C(=O)CCNS(=O)(=O)c1ccc(OC)c(OC)c1)C1CCNC1. The van der Waals surface area contributed by atoms with E-state index in [-0.39, 0.29) is 29.8 Å². The topological polar surface area (TPSA) is 97.0 Å². The molecule has 1 heterocycles. The fourth-order valence-electron chi connectivity index (χ4n) is 3.16. The monoisotopic (exact) mass is 399 g/mol. The molecule has 1 unspecified atom stereocenters. The van der Waals surface area contributed by atoms with Crippen LogP contribution in [-0.4, -0.2) is 65.7 Å². The van der Waals surface area contributed by atoms with Gasteiger partial charge in [-0.1, -0.05) is 6.92 Å². The van der Waals surface area contributed by atoms with Crippen molar-refractivity contribution in [3.8, 4) is 11.5 Å². The van der Waals surface area contributed by atoms with Crippen LogP contribution in [-0.2, 0) is 14.8 Å². The van der Waals surface area contributed by atoms with Gasteiger partial charge in [0.1, 0.15) is 0 Å². The Morgan fingerprint density at radius 3 is 2.63 bits per heavy atom. The third-order valence-corrected chi connectivity index (χ3v) is 6.01. The summed E-state index contributed by atoms with van der Waals surface area (Å²) in [4.78, 5) is 14.5. The number of sulfonamides is 1. The zero-order valence-electron chi connectivity index (χ0n) is 16.2. The average Bonchev–Trinajstić information content (AvgIpc) is 3.19. The van der Waals surface area contributed by atoms with Gasteiger partial charge in [0.25, 0.3) is 0 Å². The van der Waals surface area contributed by atoms with Crippen molar-refractivity contribution >= 4 is 15.9 Å². The van der Waals surface area contributed by atoms with Gasteiger partial charge in [-0.05, 0) is 31.5 Å². The van der Waals surface area contributed by atoms with E-state index in [1.807, 2.05) is 11.8 Å². The Bertz CT molecular complexity index is 733. The summed E-state index contributed by atoms with van der Waals surface area (Å²) in [5.74, 6) is 0.756. The van der Waals surface area contributed by atoms with Crippen molar-refractivity contribution in [2.24, 2.45) is 0 Å². The largest absolute Gasteiger partial charge is 0.493 e. The van der Waals surface area contributed by atoms with Crippen molar-refractivity contribution in [3.63, 3.8) is 0 Å². The number of carbonyl (C=O) groups excluding carboxylic acids is 1. The molecule has 0 saturated carbocycles. The molecule has 1 aromatic rings. The summed E-state index contributed by atoms with van der Waals surface area (Å²) in [6.45, 7) is 4.47. The Morgan fingerprint density at radius 2 is 2.04 bits per heavy atom. The van der Waals surface area contributed by atoms with Crippen LogP contribution in [0.15, 0.2) is 23.1 Å². The van der Waals surface area contributed by atoms with Crippen LogP contribution >= 0.6 is 0 Å². The van der Waals surface area contributed by atoms with Crippen molar-refractivity contribution in [1.82, 2.24) is 14.9 Å². The number of hydrogen-bond donors (Lipinski definition) is 2. The second-order valence-corrected chi connectivity index (χ2v) is 8.17. The average molecular weight is 400 g/mol. The smallest absolute Gasteiger partial charge is 0.240 e. The van der Waals surface area contributed by atoms with Gasteiger partial charge in [-0.3, -0.25) is 4.79 Å². The maximum absolute atomic E-state index is 12.6. The molecule has 1 fully saturated rings. The van der Waals surface area contributed by atoms with Crippen molar-refractivity contribution in [1.29, 1.82) is 0 Å². The van der Waals surface area contributed by atoms with E-state index < -0.39 is 10.0 Å². The first-order valence-corrected chi connectivity index (χ1v) is 10.6. The molecule has 8 nitrogen and oxygen atoms in total. The van der Waals surface area contributed by atoms with Crippen molar-refractivity contribution in [2.45, 2.75) is 37.1 Å². The lowest BCUT2D eigenvalue weighted by atomic mass is 10.2. The highest BCUT2D eigenvalue weighted by molar-refractivity contribution is 7.89. The maximum Gasteiger partial charge on any atom is 0.240 e. The third kappa shape index (κ3) is 5.57. The van der Waals surface area contributed by atoms with Gasteiger partial charge in [-0.25, -0.2) is 13.1 Å². The molecule has 0 radical (unpaired) electrons. The highest BCUT2D eigenvalue weighted by Crippen LogP contribution is 2.29. The van der Waals surface area contributed by atoms with Crippen LogP contribution in [0.1, 0.15) is 26.2 Å². The minimum absolute atomic E-state index is 0.0273. The molecule has 2 N–H and O–H groups in total. The molecule has 1 atom stereocenters. The summed E-state index contributed by atoms with van der Waals surface area (Å²) >= 11 is 0. The van der Waals surface area contributed by atoms with E-state index in [4.69, 9.17) is 9.47 Å². The summed E-state index contributed by atoms with van der Waals surface area (Å²) in [5.41, 5.74) is 0. The molecule has 0 spiro atoms. The number of amides is 1. The van der Waals surface area contributed by atoms with E-state index in [1.165, 1.54) is 32.4 Å². The second-order valence-electron chi connectivity index (χ2n) is 6.40. The number of hydrogen-bond acceptors (Lipinski definition) is 6. The van der Waals surface area contributed by atoms with Gasteiger partial charge in [0.05, 0.1) is 19.1 Å². The normalized spacial score (nSPS) is 16.9. The van der Waals surface area contributed by atoms with E-state index in [0.29, 0.717) is 18.0 Å². The molecule has 2 rings (SSSR count). The second kappa shape index (κ2) is 9.91. The number of benzene rings is 1.